The molecule has 1 aromatic carbocycles. The highest BCUT2D eigenvalue weighted by Gasteiger charge is 2.03. The molecule has 0 atom stereocenters. The van der Waals surface area contributed by atoms with Crippen LogP contribution in [0.15, 0.2) is 34.9 Å². The van der Waals surface area contributed by atoms with Crippen molar-refractivity contribution in [3.8, 4) is 11.3 Å². The average Bonchev–Trinajstić information content (AvgIpc) is 2.77. The number of rotatable bonds is 5. The number of nitrogens with one attached hydrogen (secondary N) is 2. The van der Waals surface area contributed by atoms with Crippen LogP contribution in [-0.4, -0.2) is 22.6 Å². The van der Waals surface area contributed by atoms with E-state index in [1.165, 1.54) is 0 Å². The second kappa shape index (κ2) is 6.16. The third-order valence-electron chi connectivity index (χ3n) is 2.68. The Morgan fingerprint density at radius 3 is 2.94 bits per heavy atom. The second-order valence-electron chi connectivity index (χ2n) is 4.61. The standard InChI is InChI=1S/C14H18BrN3/c1-10(2)16-7-6-14-17-9-13(18-14)11-4-3-5-12(15)8-11/h3-5,8-10,16H,6-7H2,1-2H3,(H,17,18). The molecule has 0 bridgehead atoms. The Labute approximate surface area is 116 Å². The van der Waals surface area contributed by atoms with Gasteiger partial charge in [-0.25, -0.2) is 4.98 Å². The molecule has 3 nitrogen and oxygen atoms in total. The normalized spacial score (nSPS) is 11.1. The van der Waals surface area contributed by atoms with E-state index in [-0.39, 0.29) is 0 Å². The number of aromatic amines is 1. The zero-order chi connectivity index (χ0) is 13.0. The molecule has 0 saturated heterocycles. The number of hydrogen-bond donors (Lipinski definition) is 2. The lowest BCUT2D eigenvalue weighted by molar-refractivity contribution is 0.584. The summed E-state index contributed by atoms with van der Waals surface area (Å²) in [6, 6.07) is 8.73. The summed E-state index contributed by atoms with van der Waals surface area (Å²) in [5.41, 5.74) is 2.22. The Morgan fingerprint density at radius 1 is 1.39 bits per heavy atom. The molecule has 2 N–H and O–H groups in total. The first-order valence-corrected chi connectivity index (χ1v) is 6.97. The van der Waals surface area contributed by atoms with E-state index >= 15 is 0 Å². The van der Waals surface area contributed by atoms with E-state index in [0.29, 0.717) is 6.04 Å². The molecule has 0 amide bonds. The predicted molar refractivity (Wildman–Crippen MR) is 78.6 cm³/mol. The van der Waals surface area contributed by atoms with Gasteiger partial charge in [0.05, 0.1) is 11.9 Å². The summed E-state index contributed by atoms with van der Waals surface area (Å²) in [5, 5.41) is 3.38. The molecule has 0 radical (unpaired) electrons. The highest BCUT2D eigenvalue weighted by Crippen LogP contribution is 2.21. The number of hydrogen-bond acceptors (Lipinski definition) is 2. The van der Waals surface area contributed by atoms with Crippen LogP contribution in [0.2, 0.25) is 0 Å². The van der Waals surface area contributed by atoms with Crippen LogP contribution in [0.5, 0.6) is 0 Å². The average molecular weight is 308 g/mol. The van der Waals surface area contributed by atoms with Crippen molar-refractivity contribution in [3.63, 3.8) is 0 Å². The van der Waals surface area contributed by atoms with E-state index in [4.69, 9.17) is 0 Å². The van der Waals surface area contributed by atoms with Crippen molar-refractivity contribution in [3.05, 3.63) is 40.8 Å². The van der Waals surface area contributed by atoms with Crippen LogP contribution in [0.1, 0.15) is 19.7 Å². The highest BCUT2D eigenvalue weighted by molar-refractivity contribution is 9.10. The highest BCUT2D eigenvalue weighted by atomic mass is 79.9. The number of benzene rings is 1. The maximum absolute atomic E-state index is 4.41. The number of halogens is 1. The van der Waals surface area contributed by atoms with Crippen molar-refractivity contribution in [2.45, 2.75) is 26.3 Å². The van der Waals surface area contributed by atoms with Crippen molar-refractivity contribution >= 4 is 15.9 Å². The number of H-pyrrole nitrogens is 1. The topological polar surface area (TPSA) is 40.7 Å². The first kappa shape index (κ1) is 13.3. The summed E-state index contributed by atoms with van der Waals surface area (Å²) in [5.74, 6) is 1.03. The maximum atomic E-state index is 4.41. The molecule has 18 heavy (non-hydrogen) atoms. The predicted octanol–water partition coefficient (Wildman–Crippen LogP) is 3.38. The molecular weight excluding hydrogens is 290 g/mol. The first-order valence-electron chi connectivity index (χ1n) is 6.18. The SMILES string of the molecule is CC(C)NCCc1ncc(-c2cccc(Br)c2)[nH]1. The number of imidazole rings is 1. The molecule has 0 saturated carbocycles. The Hall–Kier alpha value is -1.13. The van der Waals surface area contributed by atoms with Gasteiger partial charge in [-0.3, -0.25) is 0 Å². The summed E-state index contributed by atoms with van der Waals surface area (Å²) in [7, 11) is 0. The van der Waals surface area contributed by atoms with Crippen molar-refractivity contribution in [2.24, 2.45) is 0 Å². The minimum atomic E-state index is 0.518. The van der Waals surface area contributed by atoms with E-state index in [0.717, 1.165) is 34.5 Å². The fourth-order valence-corrected chi connectivity index (χ4v) is 2.17. The van der Waals surface area contributed by atoms with Crippen LogP contribution in [0.25, 0.3) is 11.3 Å². The van der Waals surface area contributed by atoms with Gasteiger partial charge in [0.1, 0.15) is 5.82 Å². The van der Waals surface area contributed by atoms with Crippen molar-refractivity contribution in [1.82, 2.24) is 15.3 Å². The molecule has 0 fully saturated rings. The molecule has 2 rings (SSSR count). The van der Waals surface area contributed by atoms with Gasteiger partial charge < -0.3 is 10.3 Å². The summed E-state index contributed by atoms with van der Waals surface area (Å²) < 4.78 is 1.08. The molecule has 0 aliphatic heterocycles. The number of nitrogens with zero attached hydrogens (tertiary/aromatic N) is 1. The zero-order valence-corrected chi connectivity index (χ0v) is 12.3. The Kier molecular flexibility index (Phi) is 4.55. The summed E-state index contributed by atoms with van der Waals surface area (Å²) >= 11 is 3.48. The van der Waals surface area contributed by atoms with Crippen molar-refractivity contribution in [2.75, 3.05) is 6.54 Å². The summed E-state index contributed by atoms with van der Waals surface area (Å²) in [6.45, 7) is 5.24. The minimum Gasteiger partial charge on any atom is -0.342 e. The van der Waals surface area contributed by atoms with Crippen LogP contribution in [-0.2, 0) is 6.42 Å². The van der Waals surface area contributed by atoms with E-state index in [1.54, 1.807) is 0 Å². The van der Waals surface area contributed by atoms with E-state index in [9.17, 15) is 0 Å². The Balaban J connectivity index is 2.02. The van der Waals surface area contributed by atoms with Crippen LogP contribution in [0.3, 0.4) is 0 Å². The largest absolute Gasteiger partial charge is 0.342 e. The first-order chi connectivity index (χ1) is 8.65. The van der Waals surface area contributed by atoms with Crippen molar-refractivity contribution < 1.29 is 0 Å². The van der Waals surface area contributed by atoms with E-state index in [2.05, 4.69) is 57.2 Å². The maximum Gasteiger partial charge on any atom is 0.107 e. The van der Waals surface area contributed by atoms with Gasteiger partial charge in [-0.2, -0.15) is 0 Å². The monoisotopic (exact) mass is 307 g/mol. The third kappa shape index (κ3) is 3.68. The van der Waals surface area contributed by atoms with Gasteiger partial charge in [0.2, 0.25) is 0 Å². The van der Waals surface area contributed by atoms with Gasteiger partial charge in [-0.05, 0) is 12.1 Å². The van der Waals surface area contributed by atoms with Gasteiger partial charge in [0.15, 0.2) is 0 Å². The lowest BCUT2D eigenvalue weighted by Gasteiger charge is -2.05. The molecule has 96 valence electrons. The molecule has 1 heterocycles. The zero-order valence-electron chi connectivity index (χ0n) is 10.7. The quantitative estimate of drug-likeness (QED) is 0.889. The van der Waals surface area contributed by atoms with Gasteiger partial charge in [-0.15, -0.1) is 0 Å². The van der Waals surface area contributed by atoms with Crippen LogP contribution < -0.4 is 5.32 Å². The van der Waals surface area contributed by atoms with Crippen LogP contribution in [0.4, 0.5) is 0 Å². The lowest BCUT2D eigenvalue weighted by atomic mass is 10.2. The Morgan fingerprint density at radius 2 is 2.22 bits per heavy atom. The van der Waals surface area contributed by atoms with Gasteiger partial charge in [-0.1, -0.05) is 41.9 Å². The molecule has 0 unspecified atom stereocenters. The fourth-order valence-electron chi connectivity index (χ4n) is 1.77. The smallest absolute Gasteiger partial charge is 0.107 e. The van der Waals surface area contributed by atoms with E-state index in [1.807, 2.05) is 18.3 Å². The van der Waals surface area contributed by atoms with E-state index < -0.39 is 0 Å². The summed E-state index contributed by atoms with van der Waals surface area (Å²) in [4.78, 5) is 7.77. The second-order valence-corrected chi connectivity index (χ2v) is 5.53. The third-order valence-corrected chi connectivity index (χ3v) is 3.17. The molecule has 1 aromatic heterocycles. The molecular formula is C14H18BrN3. The van der Waals surface area contributed by atoms with Crippen molar-refractivity contribution in [1.29, 1.82) is 0 Å². The lowest BCUT2D eigenvalue weighted by Crippen LogP contribution is -2.25. The molecule has 0 spiro atoms. The van der Waals surface area contributed by atoms with Crippen LogP contribution >= 0.6 is 15.9 Å². The van der Waals surface area contributed by atoms with Gasteiger partial charge in [0, 0.05) is 29.0 Å². The molecule has 4 heteroatoms. The van der Waals surface area contributed by atoms with Gasteiger partial charge >= 0.3 is 0 Å². The Bertz CT molecular complexity index is 505. The fraction of sp³-hybridized carbons (Fsp3) is 0.357. The minimum absolute atomic E-state index is 0.518. The summed E-state index contributed by atoms with van der Waals surface area (Å²) in [6.07, 6.45) is 2.82. The molecule has 0 aliphatic rings. The molecule has 0 aliphatic carbocycles. The number of aromatic nitrogens is 2. The van der Waals surface area contributed by atoms with Gasteiger partial charge in [0.25, 0.3) is 0 Å². The molecule has 2 aromatic rings. The van der Waals surface area contributed by atoms with Crippen LogP contribution in [0, 0.1) is 0 Å².